The van der Waals surface area contributed by atoms with Crippen LogP contribution >= 0.6 is 0 Å². The van der Waals surface area contributed by atoms with Gasteiger partial charge in [-0.25, -0.2) is 17.8 Å². The second kappa shape index (κ2) is 9.88. The number of nitro benzene ring substituents is 1. The summed E-state index contributed by atoms with van der Waals surface area (Å²) in [6.45, 7) is 6.11. The molecule has 0 fully saturated rings. The molecule has 0 radical (unpaired) electrons. The van der Waals surface area contributed by atoms with Crippen LogP contribution < -0.4 is 9.46 Å². The molecule has 0 atom stereocenters. The minimum Gasteiger partial charge on any atom is -0.438 e. The molecule has 1 aromatic carbocycles. The minimum atomic E-state index is -4.07. The molecule has 1 N–H and O–H groups in total. The Balaban J connectivity index is 2.52. The Morgan fingerprint density at radius 1 is 1.32 bits per heavy atom. The van der Waals surface area contributed by atoms with Crippen LogP contribution in [0.1, 0.15) is 42.7 Å². The molecule has 11 nitrogen and oxygen atoms in total. The van der Waals surface area contributed by atoms with Gasteiger partial charge in [-0.2, -0.15) is 5.10 Å². The third kappa shape index (κ3) is 5.39. The first kappa shape index (κ1) is 24.3. The molecule has 0 aliphatic heterocycles. The van der Waals surface area contributed by atoms with E-state index in [0.29, 0.717) is 18.5 Å². The average Bonchev–Trinajstić information content (AvgIpc) is 3.00. The number of carbonyl (C=O) groups excluding carboxylic acids is 1. The molecular weight excluding hydrogens is 426 g/mol. The van der Waals surface area contributed by atoms with Crippen LogP contribution in [0.3, 0.4) is 0 Å². The second-order valence-electron chi connectivity index (χ2n) is 7.02. The number of nitrogens with one attached hydrogen (secondary N) is 1. The van der Waals surface area contributed by atoms with Gasteiger partial charge in [-0.05, 0) is 25.8 Å². The topological polar surface area (TPSA) is 137 Å². The van der Waals surface area contributed by atoms with Crippen molar-refractivity contribution in [1.29, 1.82) is 0 Å². The molecule has 0 aliphatic carbocycles. The van der Waals surface area contributed by atoms with Crippen molar-refractivity contribution in [3.8, 4) is 11.6 Å². The molecular formula is C19H27N5O6S. The summed E-state index contributed by atoms with van der Waals surface area (Å²) in [6, 6.07) is 3.32. The predicted molar refractivity (Wildman–Crippen MR) is 114 cm³/mol. The van der Waals surface area contributed by atoms with Crippen LogP contribution in [0.2, 0.25) is 0 Å². The zero-order valence-electron chi connectivity index (χ0n) is 18.2. The van der Waals surface area contributed by atoms with Crippen LogP contribution in [-0.4, -0.2) is 54.1 Å². The van der Waals surface area contributed by atoms with E-state index in [1.807, 2.05) is 6.92 Å². The number of aryl methyl sites for hydroxylation is 1. The Hall–Kier alpha value is -2.99. The van der Waals surface area contributed by atoms with Crippen LogP contribution in [0.5, 0.6) is 11.6 Å². The summed E-state index contributed by atoms with van der Waals surface area (Å²) in [5.74, 6) is -0.235. The van der Waals surface area contributed by atoms with Gasteiger partial charge in [0.25, 0.3) is 11.6 Å². The lowest BCUT2D eigenvalue weighted by Gasteiger charge is -2.15. The van der Waals surface area contributed by atoms with Gasteiger partial charge in [0.1, 0.15) is 10.6 Å². The minimum absolute atomic E-state index is 0.110. The summed E-state index contributed by atoms with van der Waals surface area (Å²) in [5.41, 5.74) is 0.227. The van der Waals surface area contributed by atoms with E-state index in [-0.39, 0.29) is 40.4 Å². The normalized spacial score (nSPS) is 11.4. The third-order valence-electron chi connectivity index (χ3n) is 4.50. The van der Waals surface area contributed by atoms with E-state index in [1.54, 1.807) is 27.9 Å². The van der Waals surface area contributed by atoms with Crippen molar-refractivity contribution in [3.63, 3.8) is 0 Å². The quantitative estimate of drug-likeness (QED) is 0.431. The van der Waals surface area contributed by atoms with Gasteiger partial charge >= 0.3 is 0 Å². The first-order valence-corrected chi connectivity index (χ1v) is 11.3. The number of hydrogen-bond donors (Lipinski definition) is 1. The van der Waals surface area contributed by atoms with Crippen molar-refractivity contribution >= 4 is 21.6 Å². The van der Waals surface area contributed by atoms with Crippen LogP contribution in [0.4, 0.5) is 5.69 Å². The summed E-state index contributed by atoms with van der Waals surface area (Å²) in [5, 5.41) is 15.4. The molecule has 0 spiro atoms. The molecule has 0 saturated carbocycles. The van der Waals surface area contributed by atoms with E-state index in [4.69, 9.17) is 4.74 Å². The SMILES string of the molecule is CCCNS(=O)(=O)c1cc([N+](=O)[O-])ccc1Oc1c(C)c(C(=O)N(C)CCC)nn1C. The molecule has 1 amide bonds. The van der Waals surface area contributed by atoms with Crippen molar-refractivity contribution in [1.82, 2.24) is 19.4 Å². The van der Waals surface area contributed by atoms with Gasteiger partial charge in [-0.15, -0.1) is 0 Å². The summed E-state index contributed by atoms with van der Waals surface area (Å²) in [6.07, 6.45) is 1.33. The van der Waals surface area contributed by atoms with Crippen molar-refractivity contribution in [3.05, 3.63) is 39.6 Å². The number of aromatic nitrogens is 2. The van der Waals surface area contributed by atoms with Gasteiger partial charge in [0.2, 0.25) is 15.9 Å². The Morgan fingerprint density at radius 3 is 2.58 bits per heavy atom. The van der Waals surface area contributed by atoms with E-state index in [0.717, 1.165) is 18.6 Å². The van der Waals surface area contributed by atoms with Crippen LogP contribution in [0, 0.1) is 17.0 Å². The Bertz CT molecular complexity index is 1080. The highest BCUT2D eigenvalue weighted by atomic mass is 32.2. The Morgan fingerprint density at radius 2 is 2.00 bits per heavy atom. The Kier molecular flexibility index (Phi) is 7.74. The third-order valence-corrected chi connectivity index (χ3v) is 5.99. The summed E-state index contributed by atoms with van der Waals surface area (Å²) < 4.78 is 35.0. The number of carbonyl (C=O) groups is 1. The highest BCUT2D eigenvalue weighted by molar-refractivity contribution is 7.89. The molecule has 0 unspecified atom stereocenters. The lowest BCUT2D eigenvalue weighted by molar-refractivity contribution is -0.385. The average molecular weight is 454 g/mol. The van der Waals surface area contributed by atoms with Crippen molar-refractivity contribution in [2.24, 2.45) is 7.05 Å². The number of non-ortho nitro benzene ring substituents is 1. The molecule has 1 aromatic heterocycles. The maximum absolute atomic E-state index is 12.7. The first-order chi connectivity index (χ1) is 14.5. The van der Waals surface area contributed by atoms with E-state index in [2.05, 4.69) is 9.82 Å². The number of amides is 1. The maximum atomic E-state index is 12.7. The molecule has 2 rings (SSSR count). The fourth-order valence-electron chi connectivity index (χ4n) is 2.90. The second-order valence-corrected chi connectivity index (χ2v) is 8.75. The molecule has 0 bridgehead atoms. The number of nitrogens with zero attached hydrogens (tertiary/aromatic N) is 4. The largest absolute Gasteiger partial charge is 0.438 e. The van der Waals surface area contributed by atoms with Crippen LogP contribution in [-0.2, 0) is 17.1 Å². The smallest absolute Gasteiger partial charge is 0.274 e. The highest BCUT2D eigenvalue weighted by Gasteiger charge is 2.27. The zero-order valence-corrected chi connectivity index (χ0v) is 19.0. The van der Waals surface area contributed by atoms with E-state index < -0.39 is 14.9 Å². The number of nitro groups is 1. The predicted octanol–water partition coefficient (Wildman–Crippen LogP) is 2.60. The lowest BCUT2D eigenvalue weighted by atomic mass is 10.2. The number of sulfonamides is 1. The zero-order chi connectivity index (χ0) is 23.3. The van der Waals surface area contributed by atoms with Crippen LogP contribution in [0.15, 0.2) is 23.1 Å². The Labute approximate surface area is 181 Å². The van der Waals surface area contributed by atoms with Gasteiger partial charge in [0.15, 0.2) is 5.69 Å². The highest BCUT2D eigenvalue weighted by Crippen LogP contribution is 2.34. The monoisotopic (exact) mass is 453 g/mol. The van der Waals surface area contributed by atoms with E-state index >= 15 is 0 Å². The lowest BCUT2D eigenvalue weighted by Crippen LogP contribution is -2.28. The van der Waals surface area contributed by atoms with Gasteiger partial charge in [-0.1, -0.05) is 13.8 Å². The molecule has 1 heterocycles. The molecule has 170 valence electrons. The van der Waals surface area contributed by atoms with Crippen molar-refractivity contribution < 1.29 is 22.9 Å². The number of ether oxygens (including phenoxy) is 1. The van der Waals surface area contributed by atoms with Gasteiger partial charge in [0.05, 0.1) is 4.92 Å². The summed E-state index contributed by atoms with van der Waals surface area (Å²) >= 11 is 0. The standard InChI is InChI=1S/C19H27N5O6S/c1-6-10-20-31(28,29)16-12-14(24(26)27)8-9-15(16)30-19-13(3)17(21-23(19)5)18(25)22(4)11-7-2/h8-9,12,20H,6-7,10-11H2,1-5H3. The van der Waals surface area contributed by atoms with Crippen molar-refractivity contribution in [2.75, 3.05) is 20.1 Å². The van der Waals surface area contributed by atoms with Gasteiger partial charge in [-0.3, -0.25) is 14.9 Å². The molecule has 0 saturated heterocycles. The number of rotatable bonds is 10. The van der Waals surface area contributed by atoms with Gasteiger partial charge < -0.3 is 9.64 Å². The number of hydrogen-bond acceptors (Lipinski definition) is 7. The first-order valence-electron chi connectivity index (χ1n) is 9.78. The van der Waals surface area contributed by atoms with Crippen LogP contribution in [0.25, 0.3) is 0 Å². The molecule has 0 aliphatic rings. The number of benzene rings is 1. The fraction of sp³-hybridized carbons (Fsp3) is 0.474. The summed E-state index contributed by atoms with van der Waals surface area (Å²) in [4.78, 5) is 24.3. The summed E-state index contributed by atoms with van der Waals surface area (Å²) in [7, 11) is -0.839. The molecule has 12 heteroatoms. The van der Waals surface area contributed by atoms with E-state index in [1.165, 1.54) is 15.6 Å². The maximum Gasteiger partial charge on any atom is 0.274 e. The molecule has 31 heavy (non-hydrogen) atoms. The fourth-order valence-corrected chi connectivity index (χ4v) is 4.18. The van der Waals surface area contributed by atoms with E-state index in [9.17, 15) is 23.3 Å². The van der Waals surface area contributed by atoms with Crippen molar-refractivity contribution in [2.45, 2.75) is 38.5 Å². The molecule has 2 aromatic rings. The van der Waals surface area contributed by atoms with Gasteiger partial charge in [0, 0.05) is 44.9 Å².